The molecule has 0 aliphatic heterocycles. The summed E-state index contributed by atoms with van der Waals surface area (Å²) in [6, 6.07) is 9.54. The topological polar surface area (TPSA) is 108 Å². The van der Waals surface area contributed by atoms with Gasteiger partial charge in [-0.05, 0) is 31.2 Å². The van der Waals surface area contributed by atoms with E-state index >= 15 is 0 Å². The van der Waals surface area contributed by atoms with Crippen LogP contribution in [-0.4, -0.2) is 23.8 Å². The van der Waals surface area contributed by atoms with Crippen LogP contribution in [0.15, 0.2) is 36.4 Å². The van der Waals surface area contributed by atoms with Crippen LogP contribution < -0.4 is 19.5 Å². The largest absolute Gasteiger partial charge is 0.423 e. The lowest BCUT2D eigenvalue weighted by Gasteiger charge is -2.15. The van der Waals surface area contributed by atoms with E-state index in [0.29, 0.717) is 5.69 Å². The van der Waals surface area contributed by atoms with Gasteiger partial charge in [0, 0.05) is 32.0 Å². The van der Waals surface area contributed by atoms with Gasteiger partial charge >= 0.3 is 17.9 Å². The third kappa shape index (κ3) is 5.66. The molecule has 0 unspecified atom stereocenters. The van der Waals surface area contributed by atoms with Gasteiger partial charge in [0.15, 0.2) is 11.5 Å². The second-order valence-electron chi connectivity index (χ2n) is 5.90. The number of esters is 3. The van der Waals surface area contributed by atoms with Crippen LogP contribution in [0.4, 0.5) is 5.69 Å². The predicted octanol–water partition coefficient (Wildman–Crippen LogP) is 3.02. The molecule has 0 atom stereocenters. The van der Waals surface area contributed by atoms with Crippen LogP contribution in [0, 0.1) is 6.92 Å². The van der Waals surface area contributed by atoms with Crippen molar-refractivity contribution in [3.63, 3.8) is 0 Å². The van der Waals surface area contributed by atoms with Gasteiger partial charge in [-0.1, -0.05) is 17.7 Å². The maximum atomic E-state index is 12.6. The van der Waals surface area contributed by atoms with E-state index in [-0.39, 0.29) is 22.8 Å². The van der Waals surface area contributed by atoms with Crippen LogP contribution in [0.5, 0.6) is 17.2 Å². The summed E-state index contributed by atoms with van der Waals surface area (Å²) >= 11 is 0. The number of amides is 1. The van der Waals surface area contributed by atoms with Crippen LogP contribution in [0.1, 0.15) is 36.7 Å². The maximum Gasteiger partial charge on any atom is 0.308 e. The van der Waals surface area contributed by atoms with Crippen molar-refractivity contribution in [2.45, 2.75) is 27.7 Å². The standard InChI is InChI=1S/C20H19NO7/c1-11-5-7-16(8-6-11)21-20(25)15-9-17(26-12(2)22)19(28-14(4)24)18(10-15)27-13(3)23/h5-10H,1-4H3,(H,21,25). The smallest absolute Gasteiger partial charge is 0.308 e. The molecule has 0 fully saturated rings. The molecular formula is C20H19NO7. The Morgan fingerprint density at radius 2 is 1.21 bits per heavy atom. The maximum absolute atomic E-state index is 12.6. The minimum Gasteiger partial charge on any atom is -0.423 e. The molecule has 0 aromatic heterocycles. The Bertz CT molecular complexity index is 895. The molecule has 0 heterocycles. The van der Waals surface area contributed by atoms with Crippen molar-refractivity contribution < 1.29 is 33.4 Å². The van der Waals surface area contributed by atoms with E-state index in [9.17, 15) is 19.2 Å². The number of anilines is 1. The third-order valence-corrected chi connectivity index (χ3v) is 3.35. The zero-order valence-corrected chi connectivity index (χ0v) is 15.8. The molecule has 2 aromatic carbocycles. The first kappa shape index (κ1) is 20.6. The van der Waals surface area contributed by atoms with Crippen molar-refractivity contribution in [3.05, 3.63) is 47.5 Å². The Hall–Kier alpha value is -3.68. The number of aryl methyl sites for hydroxylation is 1. The fraction of sp³-hybridized carbons (Fsp3) is 0.200. The molecule has 0 aliphatic carbocycles. The van der Waals surface area contributed by atoms with E-state index in [1.807, 2.05) is 19.1 Å². The Labute approximate surface area is 161 Å². The minimum atomic E-state index is -0.723. The third-order valence-electron chi connectivity index (χ3n) is 3.35. The predicted molar refractivity (Wildman–Crippen MR) is 99.5 cm³/mol. The molecule has 2 aromatic rings. The Morgan fingerprint density at radius 3 is 1.64 bits per heavy atom. The molecule has 0 spiro atoms. The molecule has 0 bridgehead atoms. The second-order valence-corrected chi connectivity index (χ2v) is 5.90. The monoisotopic (exact) mass is 385 g/mol. The Kier molecular flexibility index (Phi) is 6.49. The van der Waals surface area contributed by atoms with Crippen LogP contribution in [0.3, 0.4) is 0 Å². The van der Waals surface area contributed by atoms with Crippen molar-refractivity contribution in [1.29, 1.82) is 0 Å². The van der Waals surface area contributed by atoms with Crippen molar-refractivity contribution in [2.24, 2.45) is 0 Å². The lowest BCUT2D eigenvalue weighted by molar-refractivity contribution is -0.135. The SMILES string of the molecule is CC(=O)Oc1cc(C(=O)Nc2ccc(C)cc2)cc(OC(C)=O)c1OC(C)=O. The van der Waals surface area contributed by atoms with E-state index in [1.165, 1.54) is 12.1 Å². The number of hydrogen-bond acceptors (Lipinski definition) is 7. The van der Waals surface area contributed by atoms with E-state index in [1.54, 1.807) is 12.1 Å². The summed E-state index contributed by atoms with van der Waals surface area (Å²) in [5.41, 5.74) is 1.60. The highest BCUT2D eigenvalue weighted by Gasteiger charge is 2.22. The molecule has 28 heavy (non-hydrogen) atoms. The summed E-state index contributed by atoms with van der Waals surface area (Å²) in [6.07, 6.45) is 0. The van der Waals surface area contributed by atoms with Gasteiger partial charge in [0.05, 0.1) is 0 Å². The van der Waals surface area contributed by atoms with Gasteiger partial charge in [0.2, 0.25) is 5.75 Å². The quantitative estimate of drug-likeness (QED) is 0.622. The molecule has 146 valence electrons. The molecule has 2 rings (SSSR count). The Balaban J connectivity index is 2.48. The minimum absolute atomic E-state index is 0.0315. The molecule has 0 radical (unpaired) electrons. The number of carbonyl (C=O) groups excluding carboxylic acids is 4. The fourth-order valence-electron chi connectivity index (χ4n) is 2.25. The van der Waals surface area contributed by atoms with Gasteiger partial charge in [-0.2, -0.15) is 0 Å². The molecule has 0 aliphatic rings. The summed E-state index contributed by atoms with van der Waals surface area (Å²) < 4.78 is 15.1. The van der Waals surface area contributed by atoms with Gasteiger partial charge in [-0.15, -0.1) is 0 Å². The van der Waals surface area contributed by atoms with Crippen LogP contribution >= 0.6 is 0 Å². The highest BCUT2D eigenvalue weighted by molar-refractivity contribution is 6.05. The lowest BCUT2D eigenvalue weighted by Crippen LogP contribution is -2.15. The lowest BCUT2D eigenvalue weighted by atomic mass is 10.1. The van der Waals surface area contributed by atoms with E-state index in [2.05, 4.69) is 5.32 Å². The number of nitrogens with one attached hydrogen (secondary N) is 1. The van der Waals surface area contributed by atoms with Crippen molar-refractivity contribution in [2.75, 3.05) is 5.32 Å². The highest BCUT2D eigenvalue weighted by Crippen LogP contribution is 2.39. The number of ether oxygens (including phenoxy) is 3. The van der Waals surface area contributed by atoms with Crippen LogP contribution in [0.25, 0.3) is 0 Å². The molecular weight excluding hydrogens is 366 g/mol. The number of benzene rings is 2. The number of hydrogen-bond donors (Lipinski definition) is 1. The van der Waals surface area contributed by atoms with Gasteiger partial charge in [0.1, 0.15) is 0 Å². The van der Waals surface area contributed by atoms with Crippen molar-refractivity contribution in [1.82, 2.24) is 0 Å². The first-order valence-corrected chi connectivity index (χ1v) is 8.27. The number of carbonyl (C=O) groups is 4. The summed E-state index contributed by atoms with van der Waals surface area (Å²) in [5.74, 6) is -3.41. The molecule has 0 saturated heterocycles. The fourth-order valence-corrected chi connectivity index (χ4v) is 2.25. The van der Waals surface area contributed by atoms with Gasteiger partial charge in [0.25, 0.3) is 5.91 Å². The van der Waals surface area contributed by atoms with Crippen LogP contribution in [0.2, 0.25) is 0 Å². The first-order valence-electron chi connectivity index (χ1n) is 8.27. The Morgan fingerprint density at radius 1 is 0.750 bits per heavy atom. The zero-order chi connectivity index (χ0) is 20.8. The normalized spacial score (nSPS) is 10.0. The summed E-state index contributed by atoms with van der Waals surface area (Å²) in [4.78, 5) is 46.8. The molecule has 1 amide bonds. The molecule has 8 nitrogen and oxygen atoms in total. The average molecular weight is 385 g/mol. The van der Waals surface area contributed by atoms with E-state index in [4.69, 9.17) is 14.2 Å². The zero-order valence-electron chi connectivity index (χ0n) is 15.8. The van der Waals surface area contributed by atoms with Gasteiger partial charge in [-0.3, -0.25) is 19.2 Å². The summed E-state index contributed by atoms with van der Waals surface area (Å²) in [6.45, 7) is 5.33. The van der Waals surface area contributed by atoms with Crippen molar-refractivity contribution in [3.8, 4) is 17.2 Å². The van der Waals surface area contributed by atoms with Crippen LogP contribution in [-0.2, 0) is 14.4 Å². The van der Waals surface area contributed by atoms with Crippen molar-refractivity contribution >= 4 is 29.5 Å². The average Bonchev–Trinajstić information content (AvgIpc) is 2.58. The highest BCUT2D eigenvalue weighted by atomic mass is 16.6. The van der Waals surface area contributed by atoms with Gasteiger partial charge in [-0.25, -0.2) is 0 Å². The second kappa shape index (κ2) is 8.81. The van der Waals surface area contributed by atoms with Gasteiger partial charge < -0.3 is 19.5 Å². The summed E-state index contributed by atoms with van der Waals surface area (Å²) in [5, 5.41) is 2.68. The van der Waals surface area contributed by atoms with E-state index < -0.39 is 23.8 Å². The number of rotatable bonds is 5. The summed E-state index contributed by atoms with van der Waals surface area (Å²) in [7, 11) is 0. The van der Waals surface area contributed by atoms with E-state index in [0.717, 1.165) is 26.3 Å². The molecule has 8 heteroatoms. The molecule has 1 N–H and O–H groups in total. The first-order chi connectivity index (χ1) is 13.2. The molecule has 0 saturated carbocycles.